The SMILES string of the molecule is Cc1nc(-c2ccccc2)sc1C(=O)/C=C/Nc1ccc[n+](C)c1.[I-]. The maximum Gasteiger partial charge on any atom is 0.199 e. The van der Waals surface area contributed by atoms with Gasteiger partial charge in [0.05, 0.1) is 10.6 Å². The molecule has 0 saturated carbocycles. The summed E-state index contributed by atoms with van der Waals surface area (Å²) in [6, 6.07) is 13.8. The van der Waals surface area contributed by atoms with E-state index in [1.54, 1.807) is 12.3 Å². The molecule has 0 radical (unpaired) electrons. The van der Waals surface area contributed by atoms with Gasteiger partial charge >= 0.3 is 0 Å². The highest BCUT2D eigenvalue weighted by molar-refractivity contribution is 7.17. The molecule has 0 saturated heterocycles. The minimum absolute atomic E-state index is 0. The number of nitrogens with zero attached hydrogens (tertiary/aromatic N) is 2. The largest absolute Gasteiger partial charge is 1.00 e. The standard InChI is InChI=1S/C19H17N3OS.HI/c1-14-18(24-19(21-14)15-7-4-3-5-8-15)17(23)10-11-20-16-9-6-12-22(2)13-16;/h3-13H,1-2H3;1H. The van der Waals surface area contributed by atoms with Gasteiger partial charge in [-0.3, -0.25) is 4.79 Å². The van der Waals surface area contributed by atoms with Crippen molar-refractivity contribution in [3.05, 3.63) is 77.7 Å². The number of allylic oxidation sites excluding steroid dienone is 1. The molecular weight excluding hydrogens is 445 g/mol. The number of pyridine rings is 1. The fourth-order valence-electron chi connectivity index (χ4n) is 2.29. The number of carbonyl (C=O) groups excluding carboxylic acids is 1. The van der Waals surface area contributed by atoms with E-state index in [1.165, 1.54) is 11.3 Å². The second kappa shape index (κ2) is 8.87. The van der Waals surface area contributed by atoms with Crippen LogP contribution in [0.1, 0.15) is 15.4 Å². The molecule has 25 heavy (non-hydrogen) atoms. The maximum absolute atomic E-state index is 12.4. The highest BCUT2D eigenvalue weighted by atomic mass is 127. The Morgan fingerprint density at radius 1 is 1.20 bits per heavy atom. The number of hydrogen-bond donors (Lipinski definition) is 1. The van der Waals surface area contributed by atoms with Crippen molar-refractivity contribution in [2.45, 2.75) is 6.92 Å². The van der Waals surface area contributed by atoms with Gasteiger partial charge in [0.2, 0.25) is 0 Å². The molecule has 2 heterocycles. The number of rotatable bonds is 5. The van der Waals surface area contributed by atoms with E-state index in [4.69, 9.17) is 0 Å². The molecule has 0 aliphatic carbocycles. The van der Waals surface area contributed by atoms with Crippen molar-refractivity contribution in [1.29, 1.82) is 0 Å². The van der Waals surface area contributed by atoms with Crippen molar-refractivity contribution in [3.8, 4) is 10.6 Å². The Morgan fingerprint density at radius 2 is 1.96 bits per heavy atom. The summed E-state index contributed by atoms with van der Waals surface area (Å²) in [6.45, 7) is 1.87. The van der Waals surface area contributed by atoms with Crippen molar-refractivity contribution in [1.82, 2.24) is 4.98 Å². The molecule has 4 nitrogen and oxygen atoms in total. The lowest BCUT2D eigenvalue weighted by Crippen LogP contribution is -3.00. The molecule has 2 aromatic heterocycles. The summed E-state index contributed by atoms with van der Waals surface area (Å²) in [7, 11) is 1.95. The van der Waals surface area contributed by atoms with E-state index in [1.807, 2.05) is 73.4 Å². The lowest BCUT2D eigenvalue weighted by atomic mass is 10.2. The summed E-state index contributed by atoms with van der Waals surface area (Å²) in [5.41, 5.74) is 2.72. The first kappa shape index (κ1) is 19.3. The zero-order chi connectivity index (χ0) is 16.9. The van der Waals surface area contributed by atoms with Crippen LogP contribution in [0.15, 0.2) is 67.1 Å². The highest BCUT2D eigenvalue weighted by Crippen LogP contribution is 2.28. The fourth-order valence-corrected chi connectivity index (χ4v) is 3.28. The summed E-state index contributed by atoms with van der Waals surface area (Å²) >= 11 is 1.43. The summed E-state index contributed by atoms with van der Waals surface area (Å²) in [5.74, 6) is -0.0417. The highest BCUT2D eigenvalue weighted by Gasteiger charge is 2.14. The number of aromatic nitrogens is 2. The molecule has 0 aliphatic heterocycles. The average Bonchev–Trinajstić information content (AvgIpc) is 2.98. The van der Waals surface area contributed by atoms with Gasteiger partial charge in [-0.1, -0.05) is 30.3 Å². The van der Waals surface area contributed by atoms with Gasteiger partial charge in [0, 0.05) is 23.9 Å². The first-order chi connectivity index (χ1) is 11.6. The van der Waals surface area contributed by atoms with E-state index >= 15 is 0 Å². The molecule has 0 bridgehead atoms. The number of benzene rings is 1. The smallest absolute Gasteiger partial charge is 0.199 e. The van der Waals surface area contributed by atoms with Gasteiger partial charge in [-0.25, -0.2) is 9.55 Å². The number of carbonyl (C=O) groups is 1. The van der Waals surface area contributed by atoms with Crippen LogP contribution in [0.3, 0.4) is 0 Å². The van der Waals surface area contributed by atoms with E-state index in [-0.39, 0.29) is 29.8 Å². The Labute approximate surface area is 168 Å². The summed E-state index contributed by atoms with van der Waals surface area (Å²) in [4.78, 5) is 17.6. The molecular formula is C19H18IN3OS. The Kier molecular flexibility index (Phi) is 6.83. The first-order valence-corrected chi connectivity index (χ1v) is 8.41. The van der Waals surface area contributed by atoms with Crippen molar-refractivity contribution in [2.75, 3.05) is 5.32 Å². The average molecular weight is 463 g/mol. The molecule has 1 aromatic carbocycles. The van der Waals surface area contributed by atoms with Crippen molar-refractivity contribution in [2.24, 2.45) is 7.05 Å². The molecule has 0 amide bonds. The van der Waals surface area contributed by atoms with Crippen molar-refractivity contribution in [3.63, 3.8) is 0 Å². The zero-order valence-electron chi connectivity index (χ0n) is 13.9. The van der Waals surface area contributed by atoms with Crippen LogP contribution in [0.25, 0.3) is 10.6 Å². The summed E-state index contributed by atoms with van der Waals surface area (Å²) in [5, 5.41) is 3.97. The predicted octanol–water partition coefficient (Wildman–Crippen LogP) is 0.756. The van der Waals surface area contributed by atoms with E-state index in [9.17, 15) is 4.79 Å². The van der Waals surface area contributed by atoms with Crippen LogP contribution >= 0.6 is 11.3 Å². The Morgan fingerprint density at radius 3 is 2.68 bits per heavy atom. The number of ketones is 1. The number of halogens is 1. The van der Waals surface area contributed by atoms with Crippen LogP contribution in [0.4, 0.5) is 5.69 Å². The minimum atomic E-state index is -0.0417. The second-order valence-corrected chi connectivity index (χ2v) is 6.40. The van der Waals surface area contributed by atoms with Gasteiger partial charge in [0.15, 0.2) is 18.2 Å². The van der Waals surface area contributed by atoms with E-state index in [0.717, 1.165) is 22.0 Å². The van der Waals surface area contributed by atoms with Crippen LogP contribution in [0.5, 0.6) is 0 Å². The Bertz CT molecular complexity index is 891. The van der Waals surface area contributed by atoms with Crippen LogP contribution in [0, 0.1) is 6.92 Å². The van der Waals surface area contributed by atoms with Gasteiger partial charge in [-0.2, -0.15) is 0 Å². The minimum Gasteiger partial charge on any atom is -1.00 e. The number of hydrogen-bond acceptors (Lipinski definition) is 4. The Balaban J connectivity index is 0.00000225. The van der Waals surface area contributed by atoms with Gasteiger partial charge in [-0.05, 0) is 13.0 Å². The van der Waals surface area contributed by atoms with E-state index < -0.39 is 0 Å². The molecule has 0 spiro atoms. The zero-order valence-corrected chi connectivity index (χ0v) is 16.9. The van der Waals surface area contributed by atoms with Crippen LogP contribution < -0.4 is 33.9 Å². The van der Waals surface area contributed by atoms with Gasteiger partial charge in [0.25, 0.3) is 0 Å². The molecule has 0 atom stereocenters. The number of thiazole rings is 1. The molecule has 1 N–H and O–H groups in total. The summed E-state index contributed by atoms with van der Waals surface area (Å²) in [6.07, 6.45) is 7.10. The monoisotopic (exact) mass is 463 g/mol. The third-order valence-corrected chi connectivity index (χ3v) is 4.69. The molecule has 6 heteroatoms. The van der Waals surface area contributed by atoms with E-state index in [2.05, 4.69) is 10.3 Å². The molecule has 0 unspecified atom stereocenters. The molecule has 3 rings (SSSR count). The van der Waals surface area contributed by atoms with Gasteiger partial charge in [0.1, 0.15) is 17.7 Å². The topological polar surface area (TPSA) is 45.9 Å². The van der Waals surface area contributed by atoms with Crippen LogP contribution in [-0.4, -0.2) is 10.8 Å². The molecule has 128 valence electrons. The Hall–Kier alpha value is -2.06. The lowest BCUT2D eigenvalue weighted by molar-refractivity contribution is -0.670. The second-order valence-electron chi connectivity index (χ2n) is 5.40. The van der Waals surface area contributed by atoms with Gasteiger partial charge < -0.3 is 29.3 Å². The maximum atomic E-state index is 12.4. The van der Waals surface area contributed by atoms with Crippen LogP contribution in [-0.2, 0) is 7.05 Å². The lowest BCUT2D eigenvalue weighted by Gasteiger charge is -1.97. The molecule has 0 aliphatic rings. The third kappa shape index (κ3) is 4.96. The van der Waals surface area contributed by atoms with Crippen molar-refractivity contribution >= 4 is 22.8 Å². The third-order valence-electron chi connectivity index (χ3n) is 3.47. The van der Waals surface area contributed by atoms with Crippen molar-refractivity contribution < 1.29 is 33.3 Å². The normalized spacial score (nSPS) is 10.5. The predicted molar refractivity (Wildman–Crippen MR) is 97.0 cm³/mol. The number of nitrogens with one attached hydrogen (secondary N) is 1. The summed E-state index contributed by atoms with van der Waals surface area (Å²) < 4.78 is 1.94. The number of aryl methyl sites for hydroxylation is 2. The number of anilines is 1. The first-order valence-electron chi connectivity index (χ1n) is 7.59. The van der Waals surface area contributed by atoms with E-state index in [0.29, 0.717) is 4.88 Å². The van der Waals surface area contributed by atoms with Gasteiger partial charge in [-0.15, -0.1) is 11.3 Å². The molecule has 3 aromatic rings. The molecule has 0 fully saturated rings. The fraction of sp³-hybridized carbons (Fsp3) is 0.105. The van der Waals surface area contributed by atoms with Crippen LogP contribution in [0.2, 0.25) is 0 Å². The quantitative estimate of drug-likeness (QED) is 0.263.